The Morgan fingerprint density at radius 3 is 1.05 bits per heavy atom. The summed E-state index contributed by atoms with van der Waals surface area (Å²) in [6.45, 7) is 10.8. The lowest BCUT2D eigenvalue weighted by Gasteiger charge is -2.16. The second-order valence-corrected chi connectivity index (χ2v) is 16.4. The van der Waals surface area contributed by atoms with E-state index >= 15 is 0 Å². The number of ether oxygens (including phenoxy) is 4. The van der Waals surface area contributed by atoms with Crippen LogP contribution in [0.3, 0.4) is 0 Å². The summed E-state index contributed by atoms with van der Waals surface area (Å²) in [5.41, 5.74) is 8.36. The normalized spacial score (nSPS) is 11.7. The van der Waals surface area contributed by atoms with Crippen LogP contribution in [0, 0.1) is 22.7 Å². The van der Waals surface area contributed by atoms with Gasteiger partial charge in [-0.15, -0.1) is 0 Å². The van der Waals surface area contributed by atoms with Crippen molar-refractivity contribution in [2.75, 3.05) is 26.4 Å². The van der Waals surface area contributed by atoms with Crippen LogP contribution >= 0.6 is 0 Å². The molecule has 6 heteroatoms. The van der Waals surface area contributed by atoms with Gasteiger partial charge in [0.2, 0.25) is 0 Å². The zero-order valence-corrected chi connectivity index (χ0v) is 39.7. The number of nitrogens with zero attached hydrogens (tertiary/aromatic N) is 2. The fraction of sp³-hybridized carbons (Fsp3) is 0.333. The highest BCUT2D eigenvalue weighted by Crippen LogP contribution is 2.35. The van der Waals surface area contributed by atoms with Gasteiger partial charge in [-0.1, -0.05) is 175 Å². The van der Waals surface area contributed by atoms with E-state index in [2.05, 4.69) is 50.3 Å². The molecule has 0 N–H and O–H groups in total. The third-order valence-corrected chi connectivity index (χ3v) is 11.3. The summed E-state index contributed by atoms with van der Waals surface area (Å²) in [5.74, 6) is 3.01. The van der Waals surface area contributed by atoms with E-state index in [1.165, 1.54) is 51.4 Å². The van der Waals surface area contributed by atoms with Crippen LogP contribution in [-0.4, -0.2) is 26.4 Å². The van der Waals surface area contributed by atoms with Crippen molar-refractivity contribution in [3.8, 4) is 35.1 Å². The van der Waals surface area contributed by atoms with E-state index in [0.717, 1.165) is 81.7 Å². The van der Waals surface area contributed by atoms with Gasteiger partial charge in [-0.3, -0.25) is 0 Å². The highest BCUT2D eigenvalue weighted by atomic mass is 16.5. The van der Waals surface area contributed by atoms with Crippen LogP contribution in [-0.2, 0) is 0 Å². The average Bonchev–Trinajstić information content (AvgIpc) is 3.35. The van der Waals surface area contributed by atoms with E-state index in [1.807, 2.05) is 135 Å². The van der Waals surface area contributed by atoms with Crippen molar-refractivity contribution in [1.29, 1.82) is 10.5 Å². The Balaban J connectivity index is 1.46. The first-order valence-electron chi connectivity index (χ1n) is 24.2. The number of benzene rings is 5. The first kappa shape index (κ1) is 50.2. The van der Waals surface area contributed by atoms with Crippen LogP contribution in [0.15, 0.2) is 109 Å². The molecule has 6 nitrogen and oxygen atoms in total. The Morgan fingerprint density at radius 1 is 0.409 bits per heavy atom. The van der Waals surface area contributed by atoms with Crippen molar-refractivity contribution in [2.45, 2.75) is 105 Å². The van der Waals surface area contributed by atoms with Gasteiger partial charge in [0.05, 0.1) is 49.7 Å². The predicted octanol–water partition coefficient (Wildman–Crippen LogP) is 16.4. The summed E-state index contributed by atoms with van der Waals surface area (Å²) in [6.07, 6.45) is 25.8. The molecule has 0 aliphatic rings. The van der Waals surface area contributed by atoms with E-state index in [-0.39, 0.29) is 0 Å². The molecule has 5 rings (SSSR count). The first-order chi connectivity index (χ1) is 32.5. The topological polar surface area (TPSA) is 84.5 Å². The lowest BCUT2D eigenvalue weighted by Crippen LogP contribution is -2.03. The van der Waals surface area contributed by atoms with Crippen LogP contribution in [0.1, 0.15) is 149 Å². The lowest BCUT2D eigenvalue weighted by atomic mass is 9.98. The molecule has 342 valence electrons. The third-order valence-electron chi connectivity index (χ3n) is 11.3. The van der Waals surface area contributed by atoms with Gasteiger partial charge in [-0.05, 0) is 109 Å². The Hall–Kier alpha value is -6.76. The van der Waals surface area contributed by atoms with Gasteiger partial charge in [-0.25, -0.2) is 0 Å². The molecule has 0 saturated carbocycles. The van der Waals surface area contributed by atoms with Gasteiger partial charge in [0.25, 0.3) is 0 Å². The van der Waals surface area contributed by atoms with E-state index in [1.54, 1.807) is 0 Å². The molecule has 0 atom stereocenters. The molecule has 5 aromatic carbocycles. The van der Waals surface area contributed by atoms with E-state index in [0.29, 0.717) is 49.1 Å². The standard InChI is InChI=1S/C60H68N2O4/c1-5-9-11-13-15-17-39-65-59-43-54(42-56(46-62)52-33-25-48(26-34-52)20-22-50-29-37-58(38-30-50)64-8-4)60(66-40-18-16-14-12-10-6-2)44-53(59)41-55(45-61)51-31-23-47(24-32-51)19-21-49-27-35-57(36-28-49)63-7-3/h19-38,41-44H,5-18,39-40H2,1-4H3/b21-19+,22-20+,55-41-,56-42+. The number of hydrogen-bond acceptors (Lipinski definition) is 6. The van der Waals surface area contributed by atoms with E-state index in [9.17, 15) is 10.5 Å². The summed E-state index contributed by atoms with van der Waals surface area (Å²) in [4.78, 5) is 0. The number of nitriles is 2. The van der Waals surface area contributed by atoms with Crippen LogP contribution < -0.4 is 18.9 Å². The number of rotatable bonds is 28. The van der Waals surface area contributed by atoms with Crippen molar-refractivity contribution >= 4 is 47.6 Å². The molecule has 0 heterocycles. The molecule has 0 fully saturated rings. The van der Waals surface area contributed by atoms with Gasteiger partial charge in [0.15, 0.2) is 0 Å². The monoisotopic (exact) mass is 881 g/mol. The molecule has 0 saturated heterocycles. The van der Waals surface area contributed by atoms with Gasteiger partial charge < -0.3 is 18.9 Å². The maximum atomic E-state index is 10.6. The highest BCUT2D eigenvalue weighted by Gasteiger charge is 2.14. The average molecular weight is 881 g/mol. The molecule has 0 spiro atoms. The van der Waals surface area contributed by atoms with E-state index in [4.69, 9.17) is 18.9 Å². The molecular formula is C60H68N2O4. The minimum absolute atomic E-state index is 0.515. The third kappa shape index (κ3) is 17.0. The largest absolute Gasteiger partial charge is 0.494 e. The van der Waals surface area contributed by atoms with Crippen molar-refractivity contribution in [3.63, 3.8) is 0 Å². The van der Waals surface area contributed by atoms with Crippen LogP contribution in [0.5, 0.6) is 23.0 Å². The van der Waals surface area contributed by atoms with Gasteiger partial charge in [0.1, 0.15) is 23.0 Å². The molecule has 0 aliphatic heterocycles. The van der Waals surface area contributed by atoms with Crippen molar-refractivity contribution in [2.24, 2.45) is 0 Å². The summed E-state index contributed by atoms with van der Waals surface area (Å²) < 4.78 is 24.3. The maximum absolute atomic E-state index is 10.6. The zero-order valence-electron chi connectivity index (χ0n) is 39.7. The Morgan fingerprint density at radius 2 is 0.727 bits per heavy atom. The number of hydrogen-bond donors (Lipinski definition) is 0. The zero-order chi connectivity index (χ0) is 46.6. The fourth-order valence-electron chi connectivity index (χ4n) is 7.48. The number of allylic oxidation sites excluding steroid dienone is 2. The molecule has 66 heavy (non-hydrogen) atoms. The quantitative estimate of drug-likeness (QED) is 0.0283. The molecule has 0 aliphatic carbocycles. The lowest BCUT2D eigenvalue weighted by molar-refractivity contribution is 0.295. The van der Waals surface area contributed by atoms with Crippen LogP contribution in [0.2, 0.25) is 0 Å². The maximum Gasteiger partial charge on any atom is 0.127 e. The van der Waals surface area contributed by atoms with Gasteiger partial charge >= 0.3 is 0 Å². The van der Waals surface area contributed by atoms with E-state index < -0.39 is 0 Å². The Labute approximate surface area is 395 Å². The molecule has 0 amide bonds. The Bertz CT molecular complexity index is 2240. The highest BCUT2D eigenvalue weighted by molar-refractivity contribution is 5.94. The van der Waals surface area contributed by atoms with Gasteiger partial charge in [0, 0.05) is 11.1 Å². The predicted molar refractivity (Wildman–Crippen MR) is 277 cm³/mol. The van der Waals surface area contributed by atoms with Crippen LogP contribution in [0.25, 0.3) is 47.6 Å². The summed E-state index contributed by atoms with van der Waals surface area (Å²) in [6, 6.07) is 41.0. The second kappa shape index (κ2) is 28.9. The minimum Gasteiger partial charge on any atom is -0.494 e. The molecule has 5 aromatic rings. The van der Waals surface area contributed by atoms with Crippen molar-refractivity contribution in [3.05, 3.63) is 154 Å². The van der Waals surface area contributed by atoms with Gasteiger partial charge in [-0.2, -0.15) is 10.5 Å². The second-order valence-electron chi connectivity index (χ2n) is 16.4. The fourth-order valence-corrected chi connectivity index (χ4v) is 7.48. The number of unbranched alkanes of at least 4 members (excludes halogenated alkanes) is 10. The first-order valence-corrected chi connectivity index (χ1v) is 24.2. The smallest absolute Gasteiger partial charge is 0.127 e. The molecule has 0 unspecified atom stereocenters. The molecule has 0 aromatic heterocycles. The van der Waals surface area contributed by atoms with Crippen molar-refractivity contribution < 1.29 is 18.9 Å². The Kier molecular flexibility index (Phi) is 22.0. The van der Waals surface area contributed by atoms with Crippen LogP contribution in [0.4, 0.5) is 0 Å². The molecule has 0 radical (unpaired) electrons. The summed E-state index contributed by atoms with van der Waals surface area (Å²) >= 11 is 0. The SMILES string of the molecule is CCCCCCCCOc1cc(/C=C(/C#N)c2ccc(/C=C/c3ccc(OCC)cc3)cc2)c(OCCCCCCCC)cc1/C=C(\C#N)c1ccc(/C=C/c2ccc(OCC)cc2)cc1. The van der Waals surface area contributed by atoms with Crippen molar-refractivity contribution in [1.82, 2.24) is 0 Å². The summed E-state index contributed by atoms with van der Waals surface area (Å²) in [7, 11) is 0. The minimum atomic E-state index is 0.515. The molecule has 0 bridgehead atoms. The summed E-state index contributed by atoms with van der Waals surface area (Å²) in [5, 5.41) is 21.1. The molecular weight excluding hydrogens is 813 g/mol.